The zero-order valence-corrected chi connectivity index (χ0v) is 12.8. The largest absolute Gasteiger partial charge is 0.329 e. The first-order valence-electron chi connectivity index (χ1n) is 6.43. The maximum absolute atomic E-state index is 5.98. The monoisotopic (exact) mass is 316 g/mol. The van der Waals surface area contributed by atoms with Gasteiger partial charge in [0.2, 0.25) is 0 Å². The molecule has 1 saturated heterocycles. The van der Waals surface area contributed by atoms with Crippen molar-refractivity contribution < 1.29 is 0 Å². The first-order valence-corrected chi connectivity index (χ1v) is 8.10. The van der Waals surface area contributed by atoms with Gasteiger partial charge < -0.3 is 5.73 Å². The summed E-state index contributed by atoms with van der Waals surface area (Å²) < 4.78 is 1.22. The molecule has 1 fully saturated rings. The van der Waals surface area contributed by atoms with Crippen molar-refractivity contribution in [1.29, 1.82) is 0 Å². The number of thiophene rings is 1. The van der Waals surface area contributed by atoms with Crippen LogP contribution in [0.3, 0.4) is 0 Å². The highest BCUT2D eigenvalue weighted by atomic mass is 79.9. The zero-order chi connectivity index (χ0) is 12.3. The molecule has 0 aliphatic carbocycles. The van der Waals surface area contributed by atoms with Gasteiger partial charge in [-0.2, -0.15) is 0 Å². The summed E-state index contributed by atoms with van der Waals surface area (Å²) in [4.78, 5) is 3.96. The van der Waals surface area contributed by atoms with Gasteiger partial charge in [0.1, 0.15) is 0 Å². The first-order chi connectivity index (χ1) is 8.26. The van der Waals surface area contributed by atoms with Gasteiger partial charge in [-0.1, -0.05) is 13.3 Å². The molecule has 2 rings (SSSR count). The van der Waals surface area contributed by atoms with E-state index < -0.39 is 0 Å². The third kappa shape index (κ3) is 3.11. The maximum Gasteiger partial charge on any atom is 0.0575 e. The van der Waals surface area contributed by atoms with Crippen LogP contribution in [0, 0.1) is 5.92 Å². The Hall–Kier alpha value is 0.100. The fourth-order valence-corrected chi connectivity index (χ4v) is 4.54. The van der Waals surface area contributed by atoms with Crippen molar-refractivity contribution in [2.24, 2.45) is 11.7 Å². The van der Waals surface area contributed by atoms with Crippen molar-refractivity contribution >= 4 is 27.3 Å². The lowest BCUT2D eigenvalue weighted by Gasteiger charge is -2.26. The van der Waals surface area contributed by atoms with Gasteiger partial charge in [0.25, 0.3) is 0 Å². The highest BCUT2D eigenvalue weighted by Crippen LogP contribution is 2.35. The molecule has 4 heteroatoms. The summed E-state index contributed by atoms with van der Waals surface area (Å²) in [5.74, 6) is 0.882. The van der Waals surface area contributed by atoms with E-state index in [1.807, 2.05) is 11.3 Å². The number of nitrogens with zero attached hydrogens (tertiary/aromatic N) is 1. The van der Waals surface area contributed by atoms with E-state index in [9.17, 15) is 0 Å². The van der Waals surface area contributed by atoms with Crippen molar-refractivity contribution in [1.82, 2.24) is 4.90 Å². The molecule has 0 radical (unpaired) electrons. The molecule has 2 heterocycles. The molecular formula is C13H21BrN2S. The van der Waals surface area contributed by atoms with Crippen molar-refractivity contribution in [2.75, 3.05) is 19.6 Å². The Morgan fingerprint density at radius 2 is 2.47 bits per heavy atom. The minimum absolute atomic E-state index is 0.409. The Morgan fingerprint density at radius 1 is 1.65 bits per heavy atom. The Morgan fingerprint density at radius 3 is 3.06 bits per heavy atom. The lowest BCUT2D eigenvalue weighted by atomic mass is 10.0. The minimum Gasteiger partial charge on any atom is -0.329 e. The number of hydrogen-bond donors (Lipinski definition) is 1. The molecule has 17 heavy (non-hydrogen) atoms. The quantitative estimate of drug-likeness (QED) is 0.898. The third-order valence-electron chi connectivity index (χ3n) is 3.63. The fraction of sp³-hybridized carbons (Fsp3) is 0.692. The average Bonchev–Trinajstić information content (AvgIpc) is 2.92. The summed E-state index contributed by atoms with van der Waals surface area (Å²) in [5, 5.41) is 2.14. The normalized spacial score (nSPS) is 23.1. The van der Waals surface area contributed by atoms with Crippen LogP contribution in [0.15, 0.2) is 15.9 Å². The van der Waals surface area contributed by atoms with E-state index in [2.05, 4.69) is 39.2 Å². The van der Waals surface area contributed by atoms with Crippen LogP contribution >= 0.6 is 27.3 Å². The Bertz CT molecular complexity index is 353. The van der Waals surface area contributed by atoms with Crippen molar-refractivity contribution in [3.8, 4) is 0 Å². The molecule has 2 unspecified atom stereocenters. The standard InChI is InChI=1S/C13H21BrN2S/c1-2-3-10-4-6-16(9-10)12(8-15)13-11(14)5-7-17-13/h5,7,10,12H,2-4,6,8-9,15H2,1H3. The predicted molar refractivity (Wildman–Crippen MR) is 78.4 cm³/mol. The highest BCUT2D eigenvalue weighted by molar-refractivity contribution is 9.10. The molecule has 1 aromatic heterocycles. The van der Waals surface area contributed by atoms with Crippen LogP contribution in [0.2, 0.25) is 0 Å². The molecule has 96 valence electrons. The smallest absolute Gasteiger partial charge is 0.0575 e. The zero-order valence-electron chi connectivity index (χ0n) is 10.4. The first kappa shape index (κ1) is 13.5. The Kier molecular flexibility index (Phi) is 5.03. The summed E-state index contributed by atoms with van der Waals surface area (Å²) in [6.07, 6.45) is 4.00. The second-order valence-electron chi connectivity index (χ2n) is 4.82. The summed E-state index contributed by atoms with van der Waals surface area (Å²) in [7, 11) is 0. The number of nitrogens with two attached hydrogens (primary N) is 1. The number of likely N-dealkylation sites (tertiary alicyclic amines) is 1. The van der Waals surface area contributed by atoms with E-state index in [0.717, 1.165) is 12.5 Å². The molecule has 2 nitrogen and oxygen atoms in total. The van der Waals surface area contributed by atoms with E-state index in [4.69, 9.17) is 5.73 Å². The van der Waals surface area contributed by atoms with Crippen LogP contribution in [-0.4, -0.2) is 24.5 Å². The van der Waals surface area contributed by atoms with E-state index >= 15 is 0 Å². The molecule has 2 N–H and O–H groups in total. The topological polar surface area (TPSA) is 29.3 Å². The minimum atomic E-state index is 0.409. The van der Waals surface area contributed by atoms with Crippen LogP contribution in [0.1, 0.15) is 37.1 Å². The van der Waals surface area contributed by atoms with Crippen LogP contribution in [0.25, 0.3) is 0 Å². The van der Waals surface area contributed by atoms with Gasteiger partial charge >= 0.3 is 0 Å². The lowest BCUT2D eigenvalue weighted by molar-refractivity contribution is 0.242. The number of halogens is 1. The van der Waals surface area contributed by atoms with Crippen molar-refractivity contribution in [3.63, 3.8) is 0 Å². The second kappa shape index (κ2) is 6.32. The predicted octanol–water partition coefficient (Wildman–Crippen LogP) is 3.63. The van der Waals surface area contributed by atoms with Crippen LogP contribution < -0.4 is 5.73 Å². The Labute approximate surface area is 116 Å². The van der Waals surface area contributed by atoms with Crippen LogP contribution in [0.4, 0.5) is 0 Å². The molecule has 1 aliphatic rings. The van der Waals surface area contributed by atoms with E-state index in [1.54, 1.807) is 0 Å². The van der Waals surface area contributed by atoms with E-state index in [1.165, 1.54) is 41.7 Å². The summed E-state index contributed by atoms with van der Waals surface area (Å²) >= 11 is 5.44. The molecule has 0 spiro atoms. The summed E-state index contributed by atoms with van der Waals surface area (Å²) in [6, 6.07) is 2.54. The summed E-state index contributed by atoms with van der Waals surface area (Å²) in [6.45, 7) is 5.42. The fourth-order valence-electron chi connectivity index (χ4n) is 2.75. The number of hydrogen-bond acceptors (Lipinski definition) is 3. The summed E-state index contributed by atoms with van der Waals surface area (Å²) in [5.41, 5.74) is 5.98. The number of rotatable bonds is 5. The van der Waals surface area contributed by atoms with Gasteiger partial charge in [-0.3, -0.25) is 4.90 Å². The Balaban J connectivity index is 2.03. The van der Waals surface area contributed by atoms with Gasteiger partial charge in [0.15, 0.2) is 0 Å². The van der Waals surface area contributed by atoms with Crippen molar-refractivity contribution in [3.05, 3.63) is 20.8 Å². The highest BCUT2D eigenvalue weighted by Gasteiger charge is 2.29. The van der Waals surface area contributed by atoms with Gasteiger partial charge in [0, 0.05) is 22.4 Å². The second-order valence-corrected chi connectivity index (χ2v) is 6.62. The molecular weight excluding hydrogens is 296 g/mol. The maximum atomic E-state index is 5.98. The molecule has 1 aliphatic heterocycles. The van der Waals surface area contributed by atoms with Crippen LogP contribution in [-0.2, 0) is 0 Å². The molecule has 0 aromatic carbocycles. The van der Waals surface area contributed by atoms with Gasteiger partial charge in [-0.15, -0.1) is 11.3 Å². The average molecular weight is 317 g/mol. The molecule has 0 amide bonds. The molecule has 0 bridgehead atoms. The molecule has 1 aromatic rings. The van der Waals surface area contributed by atoms with Crippen molar-refractivity contribution in [2.45, 2.75) is 32.2 Å². The van der Waals surface area contributed by atoms with Gasteiger partial charge in [0.05, 0.1) is 6.04 Å². The van der Waals surface area contributed by atoms with Gasteiger partial charge in [-0.25, -0.2) is 0 Å². The molecule has 2 atom stereocenters. The third-order valence-corrected chi connectivity index (χ3v) is 5.60. The van der Waals surface area contributed by atoms with E-state index in [0.29, 0.717) is 6.04 Å². The van der Waals surface area contributed by atoms with E-state index in [-0.39, 0.29) is 0 Å². The lowest BCUT2D eigenvalue weighted by Crippen LogP contribution is -2.31. The van der Waals surface area contributed by atoms with Gasteiger partial charge in [-0.05, 0) is 52.7 Å². The molecule has 0 saturated carbocycles. The van der Waals surface area contributed by atoms with Crippen LogP contribution in [0.5, 0.6) is 0 Å². The SMILES string of the molecule is CCCC1CCN(C(CN)c2sccc2Br)C1.